The zero-order chi connectivity index (χ0) is 27.1. The topological polar surface area (TPSA) is 0 Å². The van der Waals surface area contributed by atoms with Crippen LogP contribution in [0.25, 0.3) is 0 Å². The summed E-state index contributed by atoms with van der Waals surface area (Å²) in [4.78, 5) is 0. The van der Waals surface area contributed by atoms with Gasteiger partial charge in [0, 0.05) is 0 Å². The number of unbranched alkanes of at least 4 members (excludes halogenated alkanes) is 25. The number of hydrogen-bond donors (Lipinski definition) is 0. The lowest BCUT2D eigenvalue weighted by Crippen LogP contribution is -2.50. The Labute approximate surface area is 237 Å². The van der Waals surface area contributed by atoms with E-state index < -0.39 is 0 Å². The van der Waals surface area contributed by atoms with E-state index >= 15 is 0 Å². The average molecular weight is 523 g/mol. The zero-order valence-corrected chi connectivity index (χ0v) is 27.1. The fourth-order valence-electron chi connectivity index (χ4n) is 6.26. The first kappa shape index (κ1) is 37.0. The Hall–Kier alpha value is -0.0400. The monoisotopic (exact) mass is 523 g/mol. The van der Waals surface area contributed by atoms with Crippen LogP contribution in [0.1, 0.15) is 207 Å². The molecule has 1 heteroatoms. The highest BCUT2D eigenvalue weighted by atomic mass is 15.3. The predicted molar refractivity (Wildman–Crippen MR) is 172 cm³/mol. The second kappa shape index (κ2) is 30.5. The first-order chi connectivity index (χ1) is 18.2. The van der Waals surface area contributed by atoms with Gasteiger partial charge >= 0.3 is 0 Å². The summed E-state index contributed by atoms with van der Waals surface area (Å²) in [7, 11) is 0. The van der Waals surface area contributed by atoms with Crippen molar-refractivity contribution in [2.24, 2.45) is 0 Å². The molecule has 0 N–H and O–H groups in total. The van der Waals surface area contributed by atoms with Crippen LogP contribution in [-0.2, 0) is 0 Å². The molecule has 0 rings (SSSR count). The fourth-order valence-corrected chi connectivity index (χ4v) is 6.26. The molecule has 0 aromatic rings. The summed E-state index contributed by atoms with van der Waals surface area (Å²) >= 11 is 0. The van der Waals surface area contributed by atoms with Crippen molar-refractivity contribution in [2.75, 3.05) is 26.2 Å². The molecule has 0 bridgehead atoms. The molecular formula is C36H76N+. The van der Waals surface area contributed by atoms with Crippen LogP contribution >= 0.6 is 0 Å². The second-order valence-electron chi connectivity index (χ2n) is 12.7. The molecule has 0 spiro atoms. The van der Waals surface area contributed by atoms with Crippen LogP contribution in [0.2, 0.25) is 0 Å². The molecule has 0 atom stereocenters. The molecule has 0 radical (unpaired) electrons. The number of nitrogens with zero attached hydrogens (tertiary/aromatic N) is 1. The lowest BCUT2D eigenvalue weighted by atomic mass is 10.0. The van der Waals surface area contributed by atoms with E-state index in [4.69, 9.17) is 0 Å². The lowest BCUT2D eigenvalue weighted by Gasteiger charge is -2.38. The minimum atomic E-state index is 1.36. The van der Waals surface area contributed by atoms with Gasteiger partial charge in [-0.05, 0) is 45.4 Å². The van der Waals surface area contributed by atoms with Crippen molar-refractivity contribution in [3.8, 4) is 0 Å². The van der Waals surface area contributed by atoms with Crippen molar-refractivity contribution >= 4 is 0 Å². The van der Waals surface area contributed by atoms with Crippen LogP contribution in [0.15, 0.2) is 0 Å². The minimum absolute atomic E-state index is 1.36. The van der Waals surface area contributed by atoms with Gasteiger partial charge in [-0.2, -0.15) is 0 Å². The van der Waals surface area contributed by atoms with E-state index in [1.54, 1.807) is 0 Å². The van der Waals surface area contributed by atoms with Gasteiger partial charge in [0.1, 0.15) is 0 Å². The average Bonchev–Trinajstić information content (AvgIpc) is 2.91. The molecule has 0 aliphatic heterocycles. The van der Waals surface area contributed by atoms with Crippen molar-refractivity contribution in [3.63, 3.8) is 0 Å². The Bertz CT molecular complexity index is 387. The van der Waals surface area contributed by atoms with Crippen molar-refractivity contribution in [3.05, 3.63) is 0 Å². The summed E-state index contributed by atoms with van der Waals surface area (Å²) < 4.78 is 1.43. The molecule has 0 amide bonds. The van der Waals surface area contributed by atoms with Gasteiger partial charge in [0.15, 0.2) is 0 Å². The second-order valence-corrected chi connectivity index (χ2v) is 12.7. The maximum atomic E-state index is 2.49. The largest absolute Gasteiger partial charge is 0.324 e. The van der Waals surface area contributed by atoms with Gasteiger partial charge in [-0.1, -0.05) is 162 Å². The molecule has 1 nitrogen and oxygen atoms in total. The van der Waals surface area contributed by atoms with Crippen LogP contribution in [0, 0.1) is 0 Å². The van der Waals surface area contributed by atoms with E-state index in [-0.39, 0.29) is 0 Å². The first-order valence-electron chi connectivity index (χ1n) is 18.1. The molecule has 0 saturated carbocycles. The number of rotatable bonds is 32. The van der Waals surface area contributed by atoms with Crippen molar-refractivity contribution in [1.82, 2.24) is 0 Å². The molecular weight excluding hydrogens is 446 g/mol. The van der Waals surface area contributed by atoms with Gasteiger partial charge in [-0.3, -0.25) is 0 Å². The summed E-state index contributed by atoms with van der Waals surface area (Å²) in [5, 5.41) is 0. The molecule has 0 saturated heterocycles. The Morgan fingerprint density at radius 1 is 0.243 bits per heavy atom. The van der Waals surface area contributed by atoms with Gasteiger partial charge < -0.3 is 4.48 Å². The quantitative estimate of drug-likeness (QED) is 0.0608. The molecule has 37 heavy (non-hydrogen) atoms. The highest BCUT2D eigenvalue weighted by Crippen LogP contribution is 2.19. The normalized spacial score (nSPS) is 12.0. The smallest absolute Gasteiger partial charge is 0.0786 e. The van der Waals surface area contributed by atoms with Crippen molar-refractivity contribution < 1.29 is 4.48 Å². The maximum absolute atomic E-state index is 2.49. The Balaban J connectivity index is 3.94. The Kier molecular flexibility index (Phi) is 30.5. The zero-order valence-electron chi connectivity index (χ0n) is 27.1. The highest BCUT2D eigenvalue weighted by molar-refractivity contribution is 4.53. The predicted octanol–water partition coefficient (Wildman–Crippen LogP) is 12.8. The molecule has 0 unspecified atom stereocenters. The van der Waals surface area contributed by atoms with Crippen LogP contribution < -0.4 is 0 Å². The van der Waals surface area contributed by atoms with E-state index in [1.165, 1.54) is 210 Å². The fraction of sp³-hybridized carbons (Fsp3) is 1.00. The number of hydrogen-bond acceptors (Lipinski definition) is 0. The summed E-state index contributed by atoms with van der Waals surface area (Å²) in [5.74, 6) is 0. The van der Waals surface area contributed by atoms with Gasteiger partial charge in [-0.25, -0.2) is 0 Å². The third-order valence-electron chi connectivity index (χ3n) is 9.13. The van der Waals surface area contributed by atoms with Gasteiger partial charge in [0.2, 0.25) is 0 Å². The SMILES string of the molecule is CCCCCCCCCCCCCCCCCC[N+](CC)(CCCCCCCC)CCCCCCCC. The molecule has 0 aromatic heterocycles. The Morgan fingerprint density at radius 2 is 0.432 bits per heavy atom. The third-order valence-corrected chi connectivity index (χ3v) is 9.13. The van der Waals surface area contributed by atoms with Crippen LogP contribution in [0.5, 0.6) is 0 Å². The van der Waals surface area contributed by atoms with Crippen LogP contribution in [0.3, 0.4) is 0 Å². The van der Waals surface area contributed by atoms with Crippen LogP contribution in [0.4, 0.5) is 0 Å². The van der Waals surface area contributed by atoms with Crippen molar-refractivity contribution in [1.29, 1.82) is 0 Å². The minimum Gasteiger partial charge on any atom is -0.324 e. The molecule has 0 aliphatic rings. The van der Waals surface area contributed by atoms with Crippen molar-refractivity contribution in [2.45, 2.75) is 207 Å². The standard InChI is InChI=1S/C36H76N/c1-5-9-12-15-18-19-20-21-22-23-24-25-26-27-30-33-36-37(8-4,34-31-28-16-13-10-6-2)35-32-29-17-14-11-7-3/h5-36H2,1-4H3/q+1. The third kappa shape index (κ3) is 26.0. The summed E-state index contributed by atoms with van der Waals surface area (Å²) in [6.07, 6.45) is 40.9. The van der Waals surface area contributed by atoms with Gasteiger partial charge in [0.05, 0.1) is 26.2 Å². The molecule has 0 fully saturated rings. The molecule has 0 aliphatic carbocycles. The lowest BCUT2D eigenvalue weighted by molar-refractivity contribution is -0.927. The maximum Gasteiger partial charge on any atom is 0.0786 e. The van der Waals surface area contributed by atoms with Crippen LogP contribution in [-0.4, -0.2) is 30.7 Å². The highest BCUT2D eigenvalue weighted by Gasteiger charge is 2.23. The van der Waals surface area contributed by atoms with E-state index in [0.29, 0.717) is 0 Å². The molecule has 0 aromatic carbocycles. The molecule has 0 heterocycles. The summed E-state index contributed by atoms with van der Waals surface area (Å²) in [5.41, 5.74) is 0. The number of quaternary nitrogens is 1. The van der Waals surface area contributed by atoms with E-state index in [1.807, 2.05) is 0 Å². The van der Waals surface area contributed by atoms with Gasteiger partial charge in [0.25, 0.3) is 0 Å². The van der Waals surface area contributed by atoms with E-state index in [9.17, 15) is 0 Å². The van der Waals surface area contributed by atoms with Gasteiger partial charge in [-0.15, -0.1) is 0 Å². The summed E-state index contributed by atoms with van der Waals surface area (Å²) in [6, 6.07) is 0. The van der Waals surface area contributed by atoms with E-state index in [0.717, 1.165) is 0 Å². The Morgan fingerprint density at radius 3 is 0.622 bits per heavy atom. The van der Waals surface area contributed by atoms with E-state index in [2.05, 4.69) is 27.7 Å². The first-order valence-corrected chi connectivity index (χ1v) is 18.1. The molecule has 224 valence electrons. The summed E-state index contributed by atoms with van der Waals surface area (Å²) in [6.45, 7) is 15.2.